The second-order valence-corrected chi connectivity index (χ2v) is 6.00. The fraction of sp³-hybridized carbons (Fsp3) is 0. The Kier molecular flexibility index (Phi) is 3.03. The molecule has 0 spiro atoms. The summed E-state index contributed by atoms with van der Waals surface area (Å²) in [6, 6.07) is 21.4. The molecule has 0 fully saturated rings. The Hall–Kier alpha value is -3.73. The van der Waals surface area contributed by atoms with Crippen molar-refractivity contribution in [1.29, 1.82) is 0 Å². The number of anilines is 1. The molecule has 0 atom stereocenters. The first-order valence-corrected chi connectivity index (χ1v) is 8.17. The van der Waals surface area contributed by atoms with Crippen LogP contribution in [-0.4, -0.2) is 16.8 Å². The number of carbonyl (C=O) groups is 2. The summed E-state index contributed by atoms with van der Waals surface area (Å²) in [7, 11) is 0. The maximum Gasteiger partial charge on any atom is 0.266 e. The molecule has 5 nitrogen and oxygen atoms in total. The maximum atomic E-state index is 12.8. The molecule has 0 saturated heterocycles. The Morgan fingerprint density at radius 2 is 1.27 bits per heavy atom. The number of oxazole rings is 1. The van der Waals surface area contributed by atoms with Crippen LogP contribution >= 0.6 is 0 Å². The number of hydrogen-bond acceptors (Lipinski definition) is 4. The highest BCUT2D eigenvalue weighted by Gasteiger charge is 2.37. The molecule has 5 rings (SSSR count). The Bertz CT molecular complexity index is 1120. The molecule has 3 aromatic carbocycles. The normalized spacial score (nSPS) is 13.5. The first kappa shape index (κ1) is 14.6. The SMILES string of the molecule is O=C1c2ccccc2C(=O)N1c1ccccc1-c1nc2ccccc2o1. The van der Waals surface area contributed by atoms with Crippen LogP contribution in [0.1, 0.15) is 20.7 Å². The van der Waals surface area contributed by atoms with Gasteiger partial charge in [-0.3, -0.25) is 9.59 Å². The second kappa shape index (κ2) is 5.39. The molecule has 0 bridgehead atoms. The molecule has 2 heterocycles. The largest absolute Gasteiger partial charge is 0.436 e. The van der Waals surface area contributed by atoms with E-state index in [9.17, 15) is 9.59 Å². The average molecular weight is 340 g/mol. The van der Waals surface area contributed by atoms with Gasteiger partial charge >= 0.3 is 0 Å². The Morgan fingerprint density at radius 3 is 1.96 bits per heavy atom. The van der Waals surface area contributed by atoms with Crippen LogP contribution in [0.25, 0.3) is 22.6 Å². The van der Waals surface area contributed by atoms with Crippen molar-refractivity contribution in [2.24, 2.45) is 0 Å². The van der Waals surface area contributed by atoms with E-state index in [1.54, 1.807) is 42.5 Å². The van der Waals surface area contributed by atoms with Crippen molar-refractivity contribution in [3.63, 3.8) is 0 Å². The van der Waals surface area contributed by atoms with Crippen LogP contribution < -0.4 is 4.90 Å². The Morgan fingerprint density at radius 1 is 0.692 bits per heavy atom. The van der Waals surface area contributed by atoms with Gasteiger partial charge in [0, 0.05) is 0 Å². The highest BCUT2D eigenvalue weighted by Crippen LogP contribution is 2.36. The van der Waals surface area contributed by atoms with E-state index in [4.69, 9.17) is 4.42 Å². The van der Waals surface area contributed by atoms with Crippen molar-refractivity contribution in [2.75, 3.05) is 4.90 Å². The van der Waals surface area contributed by atoms with Crippen molar-refractivity contribution in [3.05, 3.63) is 83.9 Å². The molecule has 1 aromatic heterocycles. The minimum atomic E-state index is -0.339. The number of hydrogen-bond donors (Lipinski definition) is 0. The number of carbonyl (C=O) groups excluding carboxylic acids is 2. The van der Waals surface area contributed by atoms with E-state index in [-0.39, 0.29) is 11.8 Å². The fourth-order valence-corrected chi connectivity index (χ4v) is 3.24. The van der Waals surface area contributed by atoms with Crippen LogP contribution in [0.2, 0.25) is 0 Å². The summed E-state index contributed by atoms with van der Waals surface area (Å²) < 4.78 is 5.84. The third-order valence-corrected chi connectivity index (χ3v) is 4.46. The number of para-hydroxylation sites is 3. The van der Waals surface area contributed by atoms with Gasteiger partial charge in [-0.05, 0) is 36.4 Å². The molecule has 124 valence electrons. The van der Waals surface area contributed by atoms with Crippen molar-refractivity contribution < 1.29 is 14.0 Å². The van der Waals surface area contributed by atoms with Gasteiger partial charge in [0.25, 0.3) is 11.8 Å². The first-order chi connectivity index (χ1) is 12.7. The molecule has 1 aliphatic rings. The average Bonchev–Trinajstić information content (AvgIpc) is 3.22. The van der Waals surface area contributed by atoms with E-state index in [2.05, 4.69) is 4.98 Å². The van der Waals surface area contributed by atoms with Gasteiger partial charge in [-0.2, -0.15) is 0 Å². The summed E-state index contributed by atoms with van der Waals surface area (Å²) in [5, 5.41) is 0. The molecule has 0 aliphatic carbocycles. The molecule has 2 amide bonds. The Balaban J connectivity index is 1.68. The minimum absolute atomic E-state index is 0.339. The monoisotopic (exact) mass is 340 g/mol. The zero-order chi connectivity index (χ0) is 17.7. The molecular formula is C21H12N2O3. The zero-order valence-electron chi connectivity index (χ0n) is 13.5. The van der Waals surface area contributed by atoms with Crippen molar-refractivity contribution in [3.8, 4) is 11.5 Å². The summed E-state index contributed by atoms with van der Waals surface area (Å²) in [5.74, 6) is -0.304. The van der Waals surface area contributed by atoms with Crippen LogP contribution in [0.5, 0.6) is 0 Å². The van der Waals surface area contributed by atoms with E-state index < -0.39 is 0 Å². The Labute approximate surface area is 148 Å². The number of rotatable bonds is 2. The van der Waals surface area contributed by atoms with E-state index >= 15 is 0 Å². The lowest BCUT2D eigenvalue weighted by atomic mass is 10.1. The number of aromatic nitrogens is 1. The van der Waals surface area contributed by atoms with Crippen LogP contribution in [0.4, 0.5) is 5.69 Å². The molecule has 4 aromatic rings. The molecule has 5 heteroatoms. The number of amides is 2. The van der Waals surface area contributed by atoms with Gasteiger partial charge in [-0.25, -0.2) is 9.88 Å². The topological polar surface area (TPSA) is 63.4 Å². The van der Waals surface area contributed by atoms with E-state index in [0.29, 0.717) is 33.9 Å². The molecule has 0 saturated carbocycles. The van der Waals surface area contributed by atoms with Crippen molar-refractivity contribution in [1.82, 2.24) is 4.98 Å². The third-order valence-electron chi connectivity index (χ3n) is 4.46. The molecule has 26 heavy (non-hydrogen) atoms. The smallest absolute Gasteiger partial charge is 0.266 e. The molecular weight excluding hydrogens is 328 g/mol. The van der Waals surface area contributed by atoms with Crippen molar-refractivity contribution in [2.45, 2.75) is 0 Å². The van der Waals surface area contributed by atoms with Crippen LogP contribution in [-0.2, 0) is 0 Å². The summed E-state index contributed by atoms with van der Waals surface area (Å²) in [6.45, 7) is 0. The second-order valence-electron chi connectivity index (χ2n) is 6.00. The van der Waals surface area contributed by atoms with Gasteiger partial charge < -0.3 is 4.42 Å². The minimum Gasteiger partial charge on any atom is -0.436 e. The van der Waals surface area contributed by atoms with Crippen molar-refractivity contribution >= 4 is 28.6 Å². The van der Waals surface area contributed by atoms with Gasteiger partial charge in [0.2, 0.25) is 5.89 Å². The van der Waals surface area contributed by atoms with Gasteiger partial charge in [0.15, 0.2) is 5.58 Å². The predicted octanol–water partition coefficient (Wildman–Crippen LogP) is 4.30. The van der Waals surface area contributed by atoms with Gasteiger partial charge in [0.1, 0.15) is 5.52 Å². The number of nitrogens with zero attached hydrogens (tertiary/aromatic N) is 2. The summed E-state index contributed by atoms with van der Waals surface area (Å²) in [6.07, 6.45) is 0. The maximum absolute atomic E-state index is 12.8. The van der Waals surface area contributed by atoms with Gasteiger partial charge in [-0.15, -0.1) is 0 Å². The third kappa shape index (κ3) is 2.01. The number of benzene rings is 3. The quantitative estimate of drug-likeness (QED) is 0.511. The lowest BCUT2D eigenvalue weighted by molar-refractivity contribution is 0.0926. The van der Waals surface area contributed by atoms with E-state index in [0.717, 1.165) is 5.52 Å². The molecule has 1 aliphatic heterocycles. The summed E-state index contributed by atoms with van der Waals surface area (Å²) >= 11 is 0. The lowest BCUT2D eigenvalue weighted by Crippen LogP contribution is -2.29. The molecule has 0 unspecified atom stereocenters. The highest BCUT2D eigenvalue weighted by atomic mass is 16.3. The van der Waals surface area contributed by atoms with Gasteiger partial charge in [-0.1, -0.05) is 36.4 Å². The van der Waals surface area contributed by atoms with Crippen LogP contribution in [0.15, 0.2) is 77.2 Å². The summed E-state index contributed by atoms with van der Waals surface area (Å²) in [5.41, 5.74) is 3.25. The van der Waals surface area contributed by atoms with E-state index in [1.165, 1.54) is 4.90 Å². The van der Waals surface area contributed by atoms with Crippen LogP contribution in [0, 0.1) is 0 Å². The first-order valence-electron chi connectivity index (χ1n) is 8.17. The fourth-order valence-electron chi connectivity index (χ4n) is 3.24. The van der Waals surface area contributed by atoms with Crippen LogP contribution in [0.3, 0.4) is 0 Å². The van der Waals surface area contributed by atoms with E-state index in [1.807, 2.05) is 30.3 Å². The lowest BCUT2D eigenvalue weighted by Gasteiger charge is -2.16. The highest BCUT2D eigenvalue weighted by molar-refractivity contribution is 6.35. The van der Waals surface area contributed by atoms with Gasteiger partial charge in [0.05, 0.1) is 22.4 Å². The molecule has 0 N–H and O–H groups in total. The zero-order valence-corrected chi connectivity index (χ0v) is 13.5. The standard InChI is InChI=1S/C21H12N2O3/c24-20-13-7-1-2-8-14(13)21(25)23(20)17-11-5-3-9-15(17)19-22-16-10-4-6-12-18(16)26-19/h1-12H. The number of imide groups is 1. The molecule has 0 radical (unpaired) electrons. The number of fused-ring (bicyclic) bond motifs is 2. The summed E-state index contributed by atoms with van der Waals surface area (Å²) in [4.78, 5) is 31.3. The predicted molar refractivity (Wildman–Crippen MR) is 97.0 cm³/mol.